The van der Waals surface area contributed by atoms with E-state index in [9.17, 15) is 0 Å². The molecule has 0 aliphatic carbocycles. The summed E-state index contributed by atoms with van der Waals surface area (Å²) in [5, 5.41) is 4.17. The van der Waals surface area contributed by atoms with Crippen LogP contribution in [0.4, 0.5) is 5.69 Å². The van der Waals surface area contributed by atoms with Gasteiger partial charge in [-0.15, -0.1) is 0 Å². The molecule has 0 radical (unpaired) electrons. The topological polar surface area (TPSA) is 24.4 Å². The zero-order chi connectivity index (χ0) is 11.2. The van der Waals surface area contributed by atoms with E-state index in [0.717, 1.165) is 11.3 Å². The average Bonchev–Trinajstić information content (AvgIpc) is 2.33. The fourth-order valence-corrected chi connectivity index (χ4v) is 1.35. The first-order valence-electron chi connectivity index (χ1n) is 5.25. The molecule has 0 saturated carbocycles. The Morgan fingerprint density at radius 2 is 1.62 bits per heavy atom. The number of hydrazone groups is 1. The summed E-state index contributed by atoms with van der Waals surface area (Å²) in [6.45, 7) is 2.07. The molecule has 0 bridgehead atoms. The summed E-state index contributed by atoms with van der Waals surface area (Å²) in [5.41, 5.74) is 6.32. The third-order valence-corrected chi connectivity index (χ3v) is 2.26. The minimum absolute atomic E-state index is 0.998. The minimum atomic E-state index is 0.998. The first-order chi connectivity index (χ1) is 7.84. The number of anilines is 1. The maximum absolute atomic E-state index is 4.17. The van der Waals surface area contributed by atoms with E-state index in [1.807, 2.05) is 42.5 Å². The van der Waals surface area contributed by atoms with Crippen LogP contribution in [0.1, 0.15) is 11.1 Å². The summed E-state index contributed by atoms with van der Waals surface area (Å²) in [6.07, 6.45) is 1.81. The van der Waals surface area contributed by atoms with Gasteiger partial charge in [-0.05, 0) is 24.6 Å². The molecule has 80 valence electrons. The normalized spacial score (nSPS) is 10.6. The van der Waals surface area contributed by atoms with Gasteiger partial charge in [0, 0.05) is 0 Å². The van der Waals surface area contributed by atoms with E-state index < -0.39 is 0 Å². The van der Waals surface area contributed by atoms with E-state index >= 15 is 0 Å². The van der Waals surface area contributed by atoms with Gasteiger partial charge in [0.2, 0.25) is 0 Å². The highest BCUT2D eigenvalue weighted by molar-refractivity contribution is 5.80. The molecule has 16 heavy (non-hydrogen) atoms. The molecule has 2 heteroatoms. The van der Waals surface area contributed by atoms with Gasteiger partial charge in [0.25, 0.3) is 0 Å². The van der Waals surface area contributed by atoms with Crippen LogP contribution in [-0.2, 0) is 0 Å². The smallest absolute Gasteiger partial charge is 0.0561 e. The van der Waals surface area contributed by atoms with Crippen molar-refractivity contribution in [2.24, 2.45) is 5.10 Å². The standard InChI is InChI=1S/C14H14N2/c1-12-7-9-14(10-8-12)16-15-11-13-5-3-2-4-6-13/h2-11,16H,1H3. The van der Waals surface area contributed by atoms with Crippen LogP contribution in [0.15, 0.2) is 59.7 Å². The molecule has 1 N–H and O–H groups in total. The van der Waals surface area contributed by atoms with Crippen molar-refractivity contribution >= 4 is 11.9 Å². The van der Waals surface area contributed by atoms with Crippen LogP contribution in [0.25, 0.3) is 0 Å². The van der Waals surface area contributed by atoms with E-state index in [2.05, 4.69) is 29.6 Å². The summed E-state index contributed by atoms with van der Waals surface area (Å²) >= 11 is 0. The number of rotatable bonds is 3. The van der Waals surface area contributed by atoms with Crippen molar-refractivity contribution in [1.82, 2.24) is 0 Å². The van der Waals surface area contributed by atoms with Gasteiger partial charge in [0.05, 0.1) is 11.9 Å². The third kappa shape index (κ3) is 2.95. The molecule has 0 atom stereocenters. The molecule has 2 aromatic carbocycles. The number of benzene rings is 2. The lowest BCUT2D eigenvalue weighted by Gasteiger charge is -1.99. The Morgan fingerprint density at radius 1 is 0.938 bits per heavy atom. The summed E-state index contributed by atoms with van der Waals surface area (Å²) in [5.74, 6) is 0. The van der Waals surface area contributed by atoms with E-state index in [0.29, 0.717) is 0 Å². The van der Waals surface area contributed by atoms with Gasteiger partial charge in [0.1, 0.15) is 0 Å². The number of hydrogen-bond acceptors (Lipinski definition) is 2. The predicted octanol–water partition coefficient (Wildman–Crippen LogP) is 3.44. The number of aryl methyl sites for hydroxylation is 1. The predicted molar refractivity (Wildman–Crippen MR) is 68.8 cm³/mol. The molecule has 0 aliphatic rings. The first kappa shape index (κ1) is 10.4. The maximum Gasteiger partial charge on any atom is 0.0561 e. The minimum Gasteiger partial charge on any atom is -0.279 e. The first-order valence-corrected chi connectivity index (χ1v) is 5.25. The molecule has 0 aromatic heterocycles. The molecular weight excluding hydrogens is 196 g/mol. The summed E-state index contributed by atoms with van der Waals surface area (Å²) in [7, 11) is 0. The Hall–Kier alpha value is -2.09. The quantitative estimate of drug-likeness (QED) is 0.609. The van der Waals surface area contributed by atoms with Crippen LogP contribution < -0.4 is 5.43 Å². The van der Waals surface area contributed by atoms with Crippen molar-refractivity contribution < 1.29 is 0 Å². The molecule has 2 aromatic rings. The maximum atomic E-state index is 4.17. The second-order valence-corrected chi connectivity index (χ2v) is 3.65. The Bertz CT molecular complexity index is 458. The van der Waals surface area contributed by atoms with Crippen molar-refractivity contribution in [2.75, 3.05) is 5.43 Å². The highest BCUT2D eigenvalue weighted by atomic mass is 15.3. The lowest BCUT2D eigenvalue weighted by molar-refractivity contribution is 1.34. The van der Waals surface area contributed by atoms with Crippen LogP contribution in [-0.4, -0.2) is 6.21 Å². The Balaban J connectivity index is 1.97. The molecule has 0 heterocycles. The average molecular weight is 210 g/mol. The van der Waals surface area contributed by atoms with Crippen LogP contribution in [0.2, 0.25) is 0 Å². The molecule has 0 fully saturated rings. The Labute approximate surface area is 95.6 Å². The lowest BCUT2D eigenvalue weighted by Crippen LogP contribution is -1.90. The fraction of sp³-hybridized carbons (Fsp3) is 0.0714. The second-order valence-electron chi connectivity index (χ2n) is 3.65. The summed E-state index contributed by atoms with van der Waals surface area (Å²) in [4.78, 5) is 0. The summed E-state index contributed by atoms with van der Waals surface area (Å²) in [6, 6.07) is 18.1. The van der Waals surface area contributed by atoms with E-state index in [-0.39, 0.29) is 0 Å². The zero-order valence-electron chi connectivity index (χ0n) is 9.22. The van der Waals surface area contributed by atoms with Crippen LogP contribution >= 0.6 is 0 Å². The molecular formula is C14H14N2. The fourth-order valence-electron chi connectivity index (χ4n) is 1.35. The van der Waals surface area contributed by atoms with Crippen molar-refractivity contribution in [1.29, 1.82) is 0 Å². The monoisotopic (exact) mass is 210 g/mol. The lowest BCUT2D eigenvalue weighted by atomic mass is 10.2. The van der Waals surface area contributed by atoms with Gasteiger partial charge in [-0.1, -0.05) is 48.0 Å². The molecule has 0 aliphatic heterocycles. The number of hydrogen-bond donors (Lipinski definition) is 1. The highest BCUT2D eigenvalue weighted by Gasteiger charge is 1.88. The SMILES string of the molecule is Cc1ccc(NN=Cc2ccccc2)cc1. The molecule has 2 nitrogen and oxygen atoms in total. The van der Waals surface area contributed by atoms with Crippen molar-refractivity contribution in [2.45, 2.75) is 6.92 Å². The zero-order valence-corrected chi connectivity index (χ0v) is 9.22. The van der Waals surface area contributed by atoms with Crippen molar-refractivity contribution in [3.05, 3.63) is 65.7 Å². The third-order valence-electron chi connectivity index (χ3n) is 2.26. The van der Waals surface area contributed by atoms with Crippen LogP contribution in [0.3, 0.4) is 0 Å². The van der Waals surface area contributed by atoms with Crippen molar-refractivity contribution in [3.8, 4) is 0 Å². The van der Waals surface area contributed by atoms with Gasteiger partial charge in [-0.2, -0.15) is 5.10 Å². The van der Waals surface area contributed by atoms with Gasteiger partial charge < -0.3 is 0 Å². The highest BCUT2D eigenvalue weighted by Crippen LogP contribution is 2.08. The van der Waals surface area contributed by atoms with E-state index in [1.54, 1.807) is 6.21 Å². The van der Waals surface area contributed by atoms with Crippen LogP contribution in [0.5, 0.6) is 0 Å². The molecule has 2 rings (SSSR count). The molecule has 0 spiro atoms. The van der Waals surface area contributed by atoms with E-state index in [1.165, 1.54) is 5.56 Å². The number of nitrogens with zero attached hydrogens (tertiary/aromatic N) is 1. The largest absolute Gasteiger partial charge is 0.279 e. The van der Waals surface area contributed by atoms with Gasteiger partial charge >= 0.3 is 0 Å². The van der Waals surface area contributed by atoms with Crippen LogP contribution in [0, 0.1) is 6.92 Å². The van der Waals surface area contributed by atoms with Gasteiger partial charge in [-0.25, -0.2) is 0 Å². The number of nitrogens with one attached hydrogen (secondary N) is 1. The second kappa shape index (κ2) is 5.12. The van der Waals surface area contributed by atoms with E-state index in [4.69, 9.17) is 0 Å². The van der Waals surface area contributed by atoms with Crippen molar-refractivity contribution in [3.63, 3.8) is 0 Å². The van der Waals surface area contributed by atoms with Gasteiger partial charge in [-0.3, -0.25) is 5.43 Å². The summed E-state index contributed by atoms with van der Waals surface area (Å²) < 4.78 is 0. The molecule has 0 amide bonds. The molecule has 0 saturated heterocycles. The Kier molecular flexibility index (Phi) is 3.34. The Morgan fingerprint density at radius 3 is 2.31 bits per heavy atom. The molecule has 0 unspecified atom stereocenters. The van der Waals surface area contributed by atoms with Gasteiger partial charge in [0.15, 0.2) is 0 Å².